The second-order valence-electron chi connectivity index (χ2n) is 2.08. The number of hydrogen-bond acceptors (Lipinski definition) is 3. The van der Waals surface area contributed by atoms with Crippen molar-refractivity contribution in [3.8, 4) is 0 Å². The van der Waals surface area contributed by atoms with Crippen LogP contribution in [0.25, 0.3) is 0 Å². The van der Waals surface area contributed by atoms with E-state index in [1.807, 2.05) is 11.9 Å². The molecular weight excluding hydrogens is 126 g/mol. The lowest BCUT2D eigenvalue weighted by Crippen LogP contribution is -2.16. The topological polar surface area (TPSA) is 29.0 Å². The van der Waals surface area contributed by atoms with Gasteiger partial charge in [0.2, 0.25) is 0 Å². The molecule has 0 amide bonds. The van der Waals surface area contributed by atoms with E-state index < -0.39 is 0 Å². The summed E-state index contributed by atoms with van der Waals surface area (Å²) in [4.78, 5) is 10.1. The molecule has 0 aliphatic rings. The summed E-state index contributed by atoms with van der Waals surface area (Å²) >= 11 is 0. The molecule has 0 aromatic carbocycles. The van der Waals surface area contributed by atoms with Crippen LogP contribution in [0.15, 0.2) is 18.6 Å². The maximum Gasteiger partial charge on any atom is 0.146 e. The fourth-order valence-corrected chi connectivity index (χ4v) is 0.650. The Hall–Kier alpha value is -1.12. The Morgan fingerprint density at radius 1 is 1.50 bits per heavy atom. The van der Waals surface area contributed by atoms with Gasteiger partial charge in [0.05, 0.1) is 6.20 Å². The van der Waals surface area contributed by atoms with Gasteiger partial charge in [0.25, 0.3) is 0 Å². The van der Waals surface area contributed by atoms with Crippen LogP contribution in [-0.4, -0.2) is 23.6 Å². The SMILES string of the molecule is CCN(C)c1cnccn1. The highest BCUT2D eigenvalue weighted by atomic mass is 15.2. The van der Waals surface area contributed by atoms with Gasteiger partial charge in [-0.2, -0.15) is 0 Å². The van der Waals surface area contributed by atoms with Crippen molar-refractivity contribution in [1.29, 1.82) is 0 Å². The molecule has 3 nitrogen and oxygen atoms in total. The molecule has 1 aromatic heterocycles. The Morgan fingerprint density at radius 3 is 2.80 bits per heavy atom. The Bertz CT molecular complexity index is 185. The van der Waals surface area contributed by atoms with E-state index in [9.17, 15) is 0 Å². The van der Waals surface area contributed by atoms with Gasteiger partial charge >= 0.3 is 0 Å². The van der Waals surface area contributed by atoms with E-state index in [4.69, 9.17) is 0 Å². The van der Waals surface area contributed by atoms with Gasteiger partial charge in [-0.05, 0) is 6.92 Å². The lowest BCUT2D eigenvalue weighted by molar-refractivity contribution is 0.928. The normalized spacial score (nSPS) is 9.40. The molecule has 0 fully saturated rings. The minimum atomic E-state index is 0.921. The second kappa shape index (κ2) is 3.15. The van der Waals surface area contributed by atoms with Gasteiger partial charge in [-0.3, -0.25) is 4.98 Å². The lowest BCUT2D eigenvalue weighted by atomic mass is 10.5. The number of anilines is 1. The first-order valence-electron chi connectivity index (χ1n) is 3.31. The summed E-state index contributed by atoms with van der Waals surface area (Å²) in [5.74, 6) is 0.921. The summed E-state index contributed by atoms with van der Waals surface area (Å²) in [7, 11) is 1.99. The van der Waals surface area contributed by atoms with Crippen LogP contribution in [0.4, 0.5) is 5.82 Å². The van der Waals surface area contributed by atoms with Crippen LogP contribution in [0.1, 0.15) is 6.92 Å². The Kier molecular flexibility index (Phi) is 2.20. The molecule has 0 N–H and O–H groups in total. The highest BCUT2D eigenvalue weighted by molar-refractivity contribution is 5.32. The smallest absolute Gasteiger partial charge is 0.146 e. The van der Waals surface area contributed by atoms with Crippen LogP contribution in [-0.2, 0) is 0 Å². The van der Waals surface area contributed by atoms with Gasteiger partial charge in [0, 0.05) is 26.0 Å². The summed E-state index contributed by atoms with van der Waals surface area (Å²) < 4.78 is 0. The van der Waals surface area contributed by atoms with Gasteiger partial charge in [-0.1, -0.05) is 0 Å². The van der Waals surface area contributed by atoms with Gasteiger partial charge in [-0.15, -0.1) is 0 Å². The Morgan fingerprint density at radius 2 is 2.30 bits per heavy atom. The third-order valence-corrected chi connectivity index (χ3v) is 1.41. The molecule has 1 aromatic rings. The first-order valence-corrected chi connectivity index (χ1v) is 3.31. The quantitative estimate of drug-likeness (QED) is 0.607. The van der Waals surface area contributed by atoms with Crippen LogP contribution >= 0.6 is 0 Å². The molecule has 54 valence electrons. The fourth-order valence-electron chi connectivity index (χ4n) is 0.650. The predicted octanol–water partition coefficient (Wildman–Crippen LogP) is 0.933. The third kappa shape index (κ3) is 1.43. The van der Waals surface area contributed by atoms with Crippen molar-refractivity contribution < 1.29 is 0 Å². The van der Waals surface area contributed by atoms with E-state index in [0.29, 0.717) is 0 Å². The van der Waals surface area contributed by atoms with E-state index >= 15 is 0 Å². The van der Waals surface area contributed by atoms with Crippen molar-refractivity contribution in [2.45, 2.75) is 6.92 Å². The maximum absolute atomic E-state index is 4.11. The largest absolute Gasteiger partial charge is 0.359 e. The highest BCUT2D eigenvalue weighted by Crippen LogP contribution is 2.02. The molecule has 0 atom stereocenters. The summed E-state index contributed by atoms with van der Waals surface area (Å²) in [6.45, 7) is 3.04. The molecule has 1 rings (SSSR count). The predicted molar refractivity (Wildman–Crippen MR) is 41.0 cm³/mol. The van der Waals surface area contributed by atoms with Crippen LogP contribution in [0.5, 0.6) is 0 Å². The molecule has 0 radical (unpaired) electrons. The minimum Gasteiger partial charge on any atom is -0.359 e. The Labute approximate surface area is 60.7 Å². The molecule has 0 unspecified atom stereocenters. The molecule has 0 aliphatic heterocycles. The summed E-state index contributed by atoms with van der Waals surface area (Å²) in [6, 6.07) is 0. The first kappa shape index (κ1) is 6.99. The van der Waals surface area contributed by atoms with Crippen LogP contribution in [0.2, 0.25) is 0 Å². The number of aromatic nitrogens is 2. The minimum absolute atomic E-state index is 0.921. The lowest BCUT2D eigenvalue weighted by Gasteiger charge is -2.13. The van der Waals surface area contributed by atoms with Crippen molar-refractivity contribution >= 4 is 5.82 Å². The molecule has 3 heteroatoms. The van der Waals surface area contributed by atoms with Crippen molar-refractivity contribution in [2.24, 2.45) is 0 Å². The Balaban J connectivity index is 2.75. The van der Waals surface area contributed by atoms with Crippen LogP contribution in [0.3, 0.4) is 0 Å². The average Bonchev–Trinajstić information content (AvgIpc) is 2.05. The van der Waals surface area contributed by atoms with Crippen molar-refractivity contribution in [3.63, 3.8) is 0 Å². The van der Waals surface area contributed by atoms with Gasteiger partial charge in [0.15, 0.2) is 0 Å². The van der Waals surface area contributed by atoms with Gasteiger partial charge in [0.1, 0.15) is 5.82 Å². The standard InChI is InChI=1S/C7H11N3/c1-3-10(2)7-6-8-4-5-9-7/h4-6H,3H2,1-2H3. The zero-order valence-electron chi connectivity index (χ0n) is 6.28. The van der Waals surface area contributed by atoms with Crippen molar-refractivity contribution in [1.82, 2.24) is 9.97 Å². The van der Waals surface area contributed by atoms with E-state index in [2.05, 4.69) is 16.9 Å². The molecule has 1 heterocycles. The fraction of sp³-hybridized carbons (Fsp3) is 0.429. The van der Waals surface area contributed by atoms with Gasteiger partial charge in [-0.25, -0.2) is 4.98 Å². The van der Waals surface area contributed by atoms with Crippen molar-refractivity contribution in [3.05, 3.63) is 18.6 Å². The van der Waals surface area contributed by atoms with E-state index in [0.717, 1.165) is 12.4 Å². The zero-order valence-corrected chi connectivity index (χ0v) is 6.28. The molecule has 0 saturated carbocycles. The second-order valence-corrected chi connectivity index (χ2v) is 2.08. The molecule has 0 saturated heterocycles. The van der Waals surface area contributed by atoms with E-state index in [1.165, 1.54) is 0 Å². The van der Waals surface area contributed by atoms with Crippen molar-refractivity contribution in [2.75, 3.05) is 18.5 Å². The summed E-state index contributed by atoms with van der Waals surface area (Å²) in [5.41, 5.74) is 0. The molecule has 10 heavy (non-hydrogen) atoms. The molecule has 0 aliphatic carbocycles. The highest BCUT2D eigenvalue weighted by Gasteiger charge is 1.95. The zero-order chi connectivity index (χ0) is 7.40. The molecule has 0 spiro atoms. The van der Waals surface area contributed by atoms with Crippen LogP contribution in [0, 0.1) is 0 Å². The van der Waals surface area contributed by atoms with Gasteiger partial charge < -0.3 is 4.90 Å². The summed E-state index contributed by atoms with van der Waals surface area (Å²) in [6.07, 6.45) is 5.12. The third-order valence-electron chi connectivity index (χ3n) is 1.41. The van der Waals surface area contributed by atoms with Crippen LogP contribution < -0.4 is 4.90 Å². The number of hydrogen-bond donors (Lipinski definition) is 0. The molecular formula is C7H11N3. The molecule has 0 bridgehead atoms. The average molecular weight is 137 g/mol. The summed E-state index contributed by atoms with van der Waals surface area (Å²) in [5, 5.41) is 0. The maximum atomic E-state index is 4.11. The van der Waals surface area contributed by atoms with E-state index in [1.54, 1.807) is 18.6 Å². The number of nitrogens with zero attached hydrogens (tertiary/aromatic N) is 3. The van der Waals surface area contributed by atoms with E-state index in [-0.39, 0.29) is 0 Å². The monoisotopic (exact) mass is 137 g/mol. The first-order chi connectivity index (χ1) is 4.84. The number of rotatable bonds is 2.